The summed E-state index contributed by atoms with van der Waals surface area (Å²) in [6, 6.07) is 0. The van der Waals surface area contributed by atoms with Crippen molar-refractivity contribution in [3.8, 4) is 0 Å². The Morgan fingerprint density at radius 3 is 1.28 bits per heavy atom. The predicted octanol–water partition coefficient (Wildman–Crippen LogP) is 6.89. The third kappa shape index (κ3) is 6.76. The summed E-state index contributed by atoms with van der Waals surface area (Å²) in [5.41, 5.74) is 0. The molecule has 0 aromatic heterocycles. The standard InChI is InChI=1S/C16H36ClP/c1-5-9-11-13-15-18(17,7-3,8-4)16-14-12-10-6-2/h5-16H2,1-4H3. The molecule has 0 nitrogen and oxygen atoms in total. The second-order valence-corrected chi connectivity index (χ2v) is 14.7. The van der Waals surface area contributed by atoms with Gasteiger partial charge in [0, 0.05) is 0 Å². The van der Waals surface area contributed by atoms with Crippen molar-refractivity contribution < 1.29 is 0 Å². The van der Waals surface area contributed by atoms with Gasteiger partial charge in [0.05, 0.1) is 0 Å². The van der Waals surface area contributed by atoms with E-state index in [4.69, 9.17) is 11.2 Å². The number of hydrogen-bond donors (Lipinski definition) is 0. The van der Waals surface area contributed by atoms with E-state index in [1.807, 2.05) is 0 Å². The van der Waals surface area contributed by atoms with E-state index in [0.29, 0.717) is 0 Å². The van der Waals surface area contributed by atoms with Crippen LogP contribution < -0.4 is 0 Å². The number of halogens is 1. The first-order valence-electron chi connectivity index (χ1n) is 8.26. The van der Waals surface area contributed by atoms with Gasteiger partial charge in [0.1, 0.15) is 0 Å². The average Bonchev–Trinajstić information content (AvgIpc) is 2.41. The van der Waals surface area contributed by atoms with Crippen LogP contribution in [0.2, 0.25) is 0 Å². The Hall–Kier alpha value is 0.720. The molecule has 2 heteroatoms. The molecular formula is C16H36ClP. The van der Waals surface area contributed by atoms with Crippen LogP contribution in [0.3, 0.4) is 0 Å². The zero-order valence-electron chi connectivity index (χ0n) is 13.3. The van der Waals surface area contributed by atoms with Crippen molar-refractivity contribution in [2.45, 2.75) is 79.1 Å². The molecule has 0 bridgehead atoms. The van der Waals surface area contributed by atoms with Gasteiger partial charge in [-0.15, -0.1) is 0 Å². The van der Waals surface area contributed by atoms with Gasteiger partial charge in [-0.3, -0.25) is 0 Å². The van der Waals surface area contributed by atoms with Crippen molar-refractivity contribution >= 4 is 17.2 Å². The monoisotopic (exact) mass is 294 g/mol. The molecule has 0 radical (unpaired) electrons. The third-order valence-corrected chi connectivity index (χ3v) is 13.2. The quantitative estimate of drug-likeness (QED) is 0.271. The summed E-state index contributed by atoms with van der Waals surface area (Å²) < 4.78 is 0. The van der Waals surface area contributed by atoms with Crippen LogP contribution in [0, 0.1) is 0 Å². The molecule has 0 heterocycles. The molecule has 0 N–H and O–H groups in total. The molecule has 0 unspecified atom stereocenters. The molecule has 0 aliphatic heterocycles. The summed E-state index contributed by atoms with van der Waals surface area (Å²) in [6.07, 6.45) is 16.1. The molecule has 0 aliphatic rings. The fourth-order valence-electron chi connectivity index (χ4n) is 2.84. The van der Waals surface area contributed by atoms with Crippen molar-refractivity contribution in [1.82, 2.24) is 0 Å². The van der Waals surface area contributed by atoms with Gasteiger partial charge in [-0.2, -0.15) is 0 Å². The maximum atomic E-state index is 7.26. The summed E-state index contributed by atoms with van der Waals surface area (Å²) in [5, 5.41) is 0. The van der Waals surface area contributed by atoms with Crippen LogP contribution >= 0.6 is 17.2 Å². The topological polar surface area (TPSA) is 0 Å². The molecule has 0 amide bonds. The van der Waals surface area contributed by atoms with Crippen LogP contribution in [0.5, 0.6) is 0 Å². The molecule has 112 valence electrons. The molecule has 0 aliphatic carbocycles. The average molecular weight is 295 g/mol. The van der Waals surface area contributed by atoms with Crippen molar-refractivity contribution in [1.29, 1.82) is 0 Å². The fraction of sp³-hybridized carbons (Fsp3) is 1.00. The summed E-state index contributed by atoms with van der Waals surface area (Å²) in [5.74, 6) is -1.85. The van der Waals surface area contributed by atoms with Crippen molar-refractivity contribution in [2.24, 2.45) is 0 Å². The van der Waals surface area contributed by atoms with Crippen LogP contribution in [0.1, 0.15) is 79.1 Å². The Morgan fingerprint density at radius 1 is 0.611 bits per heavy atom. The van der Waals surface area contributed by atoms with E-state index in [2.05, 4.69) is 27.7 Å². The van der Waals surface area contributed by atoms with Gasteiger partial charge in [0.2, 0.25) is 0 Å². The van der Waals surface area contributed by atoms with E-state index < -0.39 is 5.96 Å². The van der Waals surface area contributed by atoms with Crippen molar-refractivity contribution in [3.05, 3.63) is 0 Å². The molecule has 0 aromatic carbocycles. The normalized spacial score (nSPS) is 14.4. The Balaban J connectivity index is 4.25. The summed E-state index contributed by atoms with van der Waals surface area (Å²) in [4.78, 5) is 0. The third-order valence-electron chi connectivity index (χ3n) is 4.72. The van der Waals surface area contributed by atoms with Gasteiger partial charge >= 0.3 is 121 Å². The molecule has 0 saturated carbocycles. The minimum absolute atomic E-state index is 1.25. The summed E-state index contributed by atoms with van der Waals surface area (Å²) in [6.45, 7) is 9.25. The molecule has 0 fully saturated rings. The maximum absolute atomic E-state index is 7.26. The molecule has 18 heavy (non-hydrogen) atoms. The summed E-state index contributed by atoms with van der Waals surface area (Å²) in [7, 11) is 0. The molecule has 0 rings (SSSR count). The van der Waals surface area contributed by atoms with Crippen LogP contribution in [-0.2, 0) is 0 Å². The van der Waals surface area contributed by atoms with E-state index in [1.54, 1.807) is 0 Å². The van der Waals surface area contributed by atoms with Crippen LogP contribution in [-0.4, -0.2) is 24.6 Å². The molecule has 0 aromatic rings. The molecule has 0 atom stereocenters. The van der Waals surface area contributed by atoms with E-state index in [-0.39, 0.29) is 0 Å². The minimum atomic E-state index is -1.85. The van der Waals surface area contributed by atoms with E-state index >= 15 is 0 Å². The second kappa shape index (κ2) is 9.60. The first-order chi connectivity index (χ1) is 8.54. The van der Waals surface area contributed by atoms with Gasteiger partial charge in [-0.1, -0.05) is 0 Å². The van der Waals surface area contributed by atoms with Crippen molar-refractivity contribution in [2.75, 3.05) is 24.6 Å². The number of unbranched alkanes of at least 4 members (excludes halogenated alkanes) is 6. The Kier molecular flexibility index (Phi) is 9.98. The van der Waals surface area contributed by atoms with Gasteiger partial charge < -0.3 is 0 Å². The van der Waals surface area contributed by atoms with Gasteiger partial charge in [-0.05, 0) is 0 Å². The Morgan fingerprint density at radius 2 is 1.00 bits per heavy atom. The van der Waals surface area contributed by atoms with E-state index in [0.717, 1.165) is 0 Å². The molecule has 0 spiro atoms. The number of rotatable bonds is 12. The van der Waals surface area contributed by atoms with Crippen LogP contribution in [0.25, 0.3) is 0 Å². The van der Waals surface area contributed by atoms with Crippen LogP contribution in [0.15, 0.2) is 0 Å². The Labute approximate surface area is 121 Å². The first-order valence-corrected chi connectivity index (χ1v) is 12.1. The molecule has 0 saturated heterocycles. The predicted molar refractivity (Wildman–Crippen MR) is 91.9 cm³/mol. The van der Waals surface area contributed by atoms with E-state index in [1.165, 1.54) is 76.0 Å². The number of hydrogen-bond acceptors (Lipinski definition) is 0. The van der Waals surface area contributed by atoms with Gasteiger partial charge in [0.15, 0.2) is 0 Å². The van der Waals surface area contributed by atoms with Crippen LogP contribution in [0.4, 0.5) is 0 Å². The SMILES string of the molecule is CCCCCCP(Cl)(CC)(CC)CCCCCC. The van der Waals surface area contributed by atoms with Gasteiger partial charge in [-0.25, -0.2) is 0 Å². The van der Waals surface area contributed by atoms with Crippen molar-refractivity contribution in [3.63, 3.8) is 0 Å². The summed E-state index contributed by atoms with van der Waals surface area (Å²) >= 11 is 7.26. The molecular weight excluding hydrogens is 259 g/mol. The Bertz CT molecular complexity index is 183. The zero-order chi connectivity index (χ0) is 13.9. The van der Waals surface area contributed by atoms with E-state index in [9.17, 15) is 0 Å². The fourth-order valence-corrected chi connectivity index (χ4v) is 7.52. The zero-order valence-corrected chi connectivity index (χ0v) is 15.0. The van der Waals surface area contributed by atoms with Gasteiger partial charge in [0.25, 0.3) is 0 Å². The second-order valence-electron chi connectivity index (χ2n) is 6.02. The first kappa shape index (κ1) is 18.7.